The third kappa shape index (κ3) is 8.21. The van der Waals surface area contributed by atoms with Gasteiger partial charge in [-0.15, -0.1) is 0 Å². The Morgan fingerprint density at radius 3 is 2.43 bits per heavy atom. The summed E-state index contributed by atoms with van der Waals surface area (Å²) < 4.78 is 80.6. The lowest BCUT2D eigenvalue weighted by atomic mass is 9.83. The first kappa shape index (κ1) is 33.3. The summed E-state index contributed by atoms with van der Waals surface area (Å²) in [6.07, 6.45) is -7.20. The molecule has 1 fully saturated rings. The highest BCUT2D eigenvalue weighted by atomic mass is 31.2. The van der Waals surface area contributed by atoms with Crippen LogP contribution < -0.4 is 9.61 Å². The van der Waals surface area contributed by atoms with Crippen LogP contribution >= 0.6 is 7.75 Å². The van der Waals surface area contributed by atoms with Crippen molar-refractivity contribution < 1.29 is 55.4 Å². The third-order valence-corrected chi connectivity index (χ3v) is 7.94. The van der Waals surface area contributed by atoms with Gasteiger partial charge in [0.05, 0.1) is 19.1 Å². The fourth-order valence-electron chi connectivity index (χ4n) is 4.32. The zero-order valence-corrected chi connectivity index (χ0v) is 24.6. The van der Waals surface area contributed by atoms with E-state index in [0.717, 1.165) is 0 Å². The van der Waals surface area contributed by atoms with E-state index in [9.17, 15) is 32.1 Å². The van der Waals surface area contributed by atoms with Crippen molar-refractivity contribution in [1.29, 1.82) is 0 Å². The van der Waals surface area contributed by atoms with Crippen LogP contribution in [-0.2, 0) is 37.7 Å². The van der Waals surface area contributed by atoms with E-state index < -0.39 is 74.4 Å². The highest BCUT2D eigenvalue weighted by molar-refractivity contribution is 7.52. The Kier molecular flexibility index (Phi) is 10.3. The minimum absolute atomic E-state index is 0.0605. The number of esters is 2. The van der Waals surface area contributed by atoms with Crippen molar-refractivity contribution in [2.45, 2.75) is 77.8 Å². The maximum atomic E-state index is 13.9. The normalized spacial score (nSPS) is 24.3. The summed E-state index contributed by atoms with van der Waals surface area (Å²) >= 11 is 0. The molecular formula is C27H34F3N2O9P. The first-order valence-corrected chi connectivity index (χ1v) is 14.5. The number of rotatable bonds is 11. The van der Waals surface area contributed by atoms with Gasteiger partial charge in [0.2, 0.25) is 5.91 Å². The Morgan fingerprint density at radius 1 is 1.21 bits per heavy atom. The maximum Gasteiger partial charge on any atom is 0.490 e. The number of halogens is 3. The lowest BCUT2D eigenvalue weighted by Gasteiger charge is -2.37. The van der Waals surface area contributed by atoms with Crippen LogP contribution in [0.2, 0.25) is 0 Å². The average molecular weight is 619 g/mol. The quantitative estimate of drug-likeness (QED) is 0.276. The maximum absolute atomic E-state index is 13.9. The molecule has 3 rings (SSSR count). The number of carbonyl (C=O) groups is 3. The lowest BCUT2D eigenvalue weighted by Crippen LogP contribution is -2.49. The van der Waals surface area contributed by atoms with Crippen molar-refractivity contribution in [3.8, 4) is 5.75 Å². The molecule has 5 atom stereocenters. The number of nitrogens with zero attached hydrogens (tertiary/aromatic N) is 1. The van der Waals surface area contributed by atoms with Gasteiger partial charge in [0.15, 0.2) is 0 Å². The molecule has 11 nitrogen and oxygen atoms in total. The SMILES string of the molecule is C=C1C=CN([C@@H]2O[C@H](CO[P@@](=O)(N[C@@H](C)C(=O)OC(C)C)Oc3ccccc3)[C@@H](OC(=O)C(F)(F)F)C2(C)C)C(=O)C1. The highest BCUT2D eigenvalue weighted by Crippen LogP contribution is 2.48. The molecule has 1 saturated heterocycles. The summed E-state index contributed by atoms with van der Waals surface area (Å²) in [4.78, 5) is 38.2. The first-order chi connectivity index (χ1) is 19.4. The second kappa shape index (κ2) is 13.0. The molecule has 0 aliphatic carbocycles. The van der Waals surface area contributed by atoms with E-state index in [1.807, 2.05) is 0 Å². The largest absolute Gasteiger partial charge is 0.490 e. The van der Waals surface area contributed by atoms with Crippen LogP contribution in [0.15, 0.2) is 54.8 Å². The van der Waals surface area contributed by atoms with Gasteiger partial charge in [-0.3, -0.25) is 19.0 Å². The lowest BCUT2D eigenvalue weighted by molar-refractivity contribution is -0.210. The van der Waals surface area contributed by atoms with Gasteiger partial charge < -0.3 is 18.7 Å². The highest BCUT2D eigenvalue weighted by Gasteiger charge is 2.58. The number of hydrogen-bond acceptors (Lipinski definition) is 9. The molecule has 0 spiro atoms. The molecule has 2 aliphatic rings. The first-order valence-electron chi connectivity index (χ1n) is 13.0. The Balaban J connectivity index is 1.91. The average Bonchev–Trinajstić information content (AvgIpc) is 3.11. The fourth-order valence-corrected chi connectivity index (χ4v) is 5.82. The van der Waals surface area contributed by atoms with E-state index in [1.165, 1.54) is 44.0 Å². The minimum Gasteiger partial charge on any atom is -0.462 e. The molecule has 0 bridgehead atoms. The monoisotopic (exact) mass is 618 g/mol. The molecule has 232 valence electrons. The number of nitrogens with one attached hydrogen (secondary N) is 1. The summed E-state index contributed by atoms with van der Waals surface area (Å²) in [6, 6.07) is 6.60. The van der Waals surface area contributed by atoms with Crippen LogP contribution in [0.5, 0.6) is 5.75 Å². The molecule has 2 aliphatic heterocycles. The van der Waals surface area contributed by atoms with E-state index in [1.54, 1.807) is 38.1 Å². The second-order valence-electron chi connectivity index (χ2n) is 10.7. The van der Waals surface area contributed by atoms with E-state index >= 15 is 0 Å². The van der Waals surface area contributed by atoms with E-state index in [4.69, 9.17) is 23.3 Å². The van der Waals surface area contributed by atoms with Gasteiger partial charge in [-0.1, -0.05) is 38.6 Å². The van der Waals surface area contributed by atoms with Crippen LogP contribution in [0.25, 0.3) is 0 Å². The van der Waals surface area contributed by atoms with E-state index in [2.05, 4.69) is 11.7 Å². The second-order valence-corrected chi connectivity index (χ2v) is 12.4. The smallest absolute Gasteiger partial charge is 0.462 e. The topological polar surface area (TPSA) is 130 Å². The summed E-state index contributed by atoms with van der Waals surface area (Å²) in [5.74, 6) is -3.60. The molecule has 0 aromatic heterocycles. The Morgan fingerprint density at radius 2 is 1.86 bits per heavy atom. The molecule has 0 radical (unpaired) electrons. The molecular weight excluding hydrogens is 584 g/mol. The number of allylic oxidation sites excluding steroid dienone is 1. The number of benzene rings is 1. The van der Waals surface area contributed by atoms with Crippen LogP contribution in [-0.4, -0.2) is 66.1 Å². The summed E-state index contributed by atoms with van der Waals surface area (Å²) in [5.41, 5.74) is -0.887. The molecule has 1 amide bonds. The third-order valence-electron chi connectivity index (χ3n) is 6.30. The summed E-state index contributed by atoms with van der Waals surface area (Å²) in [7, 11) is -4.45. The molecule has 1 aromatic carbocycles. The predicted molar refractivity (Wildman–Crippen MR) is 143 cm³/mol. The number of para-hydroxylation sites is 1. The van der Waals surface area contributed by atoms with Crippen LogP contribution in [0, 0.1) is 5.41 Å². The van der Waals surface area contributed by atoms with E-state index in [-0.39, 0.29) is 12.2 Å². The number of amides is 1. The Hall–Kier alpha value is -3.19. The zero-order chi connectivity index (χ0) is 31.5. The molecule has 15 heteroatoms. The van der Waals surface area contributed by atoms with Crippen LogP contribution in [0.4, 0.5) is 13.2 Å². The molecule has 1 N–H and O–H groups in total. The van der Waals surface area contributed by atoms with Gasteiger partial charge >= 0.3 is 25.9 Å². The molecule has 0 saturated carbocycles. The zero-order valence-electron chi connectivity index (χ0n) is 23.8. The van der Waals surface area contributed by atoms with Crippen molar-refractivity contribution in [3.05, 3.63) is 54.8 Å². The van der Waals surface area contributed by atoms with Gasteiger partial charge in [0, 0.05) is 11.6 Å². The Bertz CT molecular complexity index is 1250. The van der Waals surface area contributed by atoms with Crippen molar-refractivity contribution >= 4 is 25.6 Å². The Labute approximate surface area is 241 Å². The predicted octanol–water partition coefficient (Wildman–Crippen LogP) is 4.65. The number of ether oxygens (including phenoxy) is 3. The van der Waals surface area contributed by atoms with Gasteiger partial charge in [0.1, 0.15) is 30.2 Å². The molecule has 42 heavy (non-hydrogen) atoms. The van der Waals surface area contributed by atoms with Crippen molar-refractivity contribution in [2.24, 2.45) is 5.41 Å². The van der Waals surface area contributed by atoms with Gasteiger partial charge in [0.25, 0.3) is 0 Å². The number of hydrogen-bond donors (Lipinski definition) is 1. The molecule has 0 unspecified atom stereocenters. The van der Waals surface area contributed by atoms with E-state index in [0.29, 0.717) is 5.57 Å². The van der Waals surface area contributed by atoms with Gasteiger partial charge in [-0.25, -0.2) is 9.36 Å². The summed E-state index contributed by atoms with van der Waals surface area (Å²) in [5, 5.41) is 2.47. The molecule has 1 aromatic rings. The minimum atomic E-state index is -5.32. The van der Waals surface area contributed by atoms with Crippen LogP contribution in [0.1, 0.15) is 41.0 Å². The van der Waals surface area contributed by atoms with Crippen molar-refractivity contribution in [1.82, 2.24) is 9.99 Å². The van der Waals surface area contributed by atoms with Gasteiger partial charge in [-0.2, -0.15) is 18.3 Å². The fraction of sp³-hybridized carbons (Fsp3) is 0.519. The van der Waals surface area contributed by atoms with Gasteiger partial charge in [-0.05, 0) is 44.6 Å². The summed E-state index contributed by atoms with van der Waals surface area (Å²) in [6.45, 7) is 10.5. The van der Waals surface area contributed by atoms with Crippen molar-refractivity contribution in [2.75, 3.05) is 6.61 Å². The number of alkyl halides is 3. The van der Waals surface area contributed by atoms with Crippen molar-refractivity contribution in [3.63, 3.8) is 0 Å². The molecule has 2 heterocycles. The standard InChI is InChI=1S/C27H34F3N2O9P/c1-16(2)38-23(34)18(4)31-42(36,41-19-10-8-7-9-11-19)37-15-20-22(40-25(35)27(28,29)30)26(5,6)24(39-20)32-13-12-17(3)14-21(32)33/h7-13,16,18,20,22,24H,3,14-15H2,1-2,4-6H3,(H,31,36)/t18-,20+,22+,24+,42-/m0/s1. The van der Waals surface area contributed by atoms with Crippen LogP contribution in [0.3, 0.4) is 0 Å². The number of carbonyl (C=O) groups excluding carboxylic acids is 3.